The molecule has 0 fully saturated rings. The zero-order valence-corrected chi connectivity index (χ0v) is 17.8. The van der Waals surface area contributed by atoms with E-state index in [2.05, 4.69) is 4.98 Å². The highest BCUT2D eigenvalue weighted by molar-refractivity contribution is 7.17. The van der Waals surface area contributed by atoms with Crippen LogP contribution >= 0.6 is 11.3 Å². The number of aromatic amines is 1. The molecule has 1 N–H and O–H groups in total. The summed E-state index contributed by atoms with van der Waals surface area (Å²) in [5.41, 5.74) is 1.02. The van der Waals surface area contributed by atoms with Crippen molar-refractivity contribution in [3.8, 4) is 17.1 Å². The SMILES string of the molecule is CCCOc1c[nH]c(Cn2c(CCC)nc3scc(-c4ccco4)c3c2=O)cc1=O. The van der Waals surface area contributed by atoms with E-state index in [1.165, 1.54) is 17.4 Å². The van der Waals surface area contributed by atoms with Crippen molar-refractivity contribution in [3.05, 3.63) is 68.1 Å². The Hall–Kier alpha value is -3.13. The van der Waals surface area contributed by atoms with Crippen LogP contribution in [0.5, 0.6) is 5.75 Å². The van der Waals surface area contributed by atoms with Crippen molar-refractivity contribution in [1.29, 1.82) is 0 Å². The van der Waals surface area contributed by atoms with Crippen LogP contribution in [0.3, 0.4) is 0 Å². The third kappa shape index (κ3) is 3.82. The lowest BCUT2D eigenvalue weighted by atomic mass is 10.2. The second kappa shape index (κ2) is 8.71. The largest absolute Gasteiger partial charge is 0.488 e. The van der Waals surface area contributed by atoms with Crippen molar-refractivity contribution in [2.45, 2.75) is 39.7 Å². The fourth-order valence-corrected chi connectivity index (χ4v) is 4.28. The topological polar surface area (TPSA) is 90.1 Å². The van der Waals surface area contributed by atoms with Gasteiger partial charge >= 0.3 is 0 Å². The number of aryl methyl sites for hydroxylation is 1. The van der Waals surface area contributed by atoms with E-state index in [4.69, 9.17) is 14.1 Å². The summed E-state index contributed by atoms with van der Waals surface area (Å²) in [6.45, 7) is 4.74. The van der Waals surface area contributed by atoms with Gasteiger partial charge in [-0.1, -0.05) is 13.8 Å². The highest BCUT2D eigenvalue weighted by Gasteiger charge is 2.18. The number of nitrogens with zero attached hydrogens (tertiary/aromatic N) is 2. The van der Waals surface area contributed by atoms with Gasteiger partial charge in [0.1, 0.15) is 16.4 Å². The summed E-state index contributed by atoms with van der Waals surface area (Å²) in [6.07, 6.45) is 5.49. The van der Waals surface area contributed by atoms with Crippen molar-refractivity contribution in [2.24, 2.45) is 0 Å². The van der Waals surface area contributed by atoms with Crippen molar-refractivity contribution in [2.75, 3.05) is 6.61 Å². The number of ether oxygens (including phenoxy) is 1. The van der Waals surface area contributed by atoms with Crippen LogP contribution in [0, 0.1) is 0 Å². The van der Waals surface area contributed by atoms with Crippen LogP contribution in [0.15, 0.2) is 50.0 Å². The first-order valence-corrected chi connectivity index (χ1v) is 10.9. The molecule has 0 bridgehead atoms. The highest BCUT2D eigenvalue weighted by atomic mass is 32.1. The average molecular weight is 426 g/mol. The minimum Gasteiger partial charge on any atom is -0.488 e. The molecule has 0 atom stereocenters. The fraction of sp³-hybridized carbons (Fsp3) is 0.318. The Labute approximate surface area is 177 Å². The second-order valence-corrected chi connectivity index (χ2v) is 7.87. The van der Waals surface area contributed by atoms with E-state index in [0.717, 1.165) is 18.4 Å². The van der Waals surface area contributed by atoms with Crippen molar-refractivity contribution in [3.63, 3.8) is 0 Å². The quantitative estimate of drug-likeness (QED) is 0.457. The lowest BCUT2D eigenvalue weighted by Crippen LogP contribution is -2.26. The Morgan fingerprint density at radius 2 is 2.13 bits per heavy atom. The molecular formula is C22H23N3O4S. The molecule has 0 aromatic carbocycles. The van der Waals surface area contributed by atoms with E-state index >= 15 is 0 Å². The number of furan rings is 1. The van der Waals surface area contributed by atoms with E-state index in [-0.39, 0.29) is 23.3 Å². The Balaban J connectivity index is 1.79. The molecule has 30 heavy (non-hydrogen) atoms. The van der Waals surface area contributed by atoms with Crippen molar-refractivity contribution >= 4 is 21.6 Å². The number of H-pyrrole nitrogens is 1. The van der Waals surface area contributed by atoms with Gasteiger partial charge < -0.3 is 14.1 Å². The fourth-order valence-electron chi connectivity index (χ4n) is 3.34. The molecule has 0 radical (unpaired) electrons. The molecule has 0 aliphatic heterocycles. The average Bonchev–Trinajstić information content (AvgIpc) is 3.40. The first kappa shape index (κ1) is 20.2. The summed E-state index contributed by atoms with van der Waals surface area (Å²) in [6, 6.07) is 5.11. The molecule has 4 heterocycles. The number of fused-ring (bicyclic) bond motifs is 1. The second-order valence-electron chi connectivity index (χ2n) is 7.01. The summed E-state index contributed by atoms with van der Waals surface area (Å²) in [5, 5.41) is 2.44. The van der Waals surface area contributed by atoms with Crippen LogP contribution in [0.1, 0.15) is 38.2 Å². The van der Waals surface area contributed by atoms with E-state index in [0.29, 0.717) is 40.5 Å². The first-order valence-electron chi connectivity index (χ1n) is 10.0. The van der Waals surface area contributed by atoms with Crippen molar-refractivity contribution in [1.82, 2.24) is 14.5 Å². The molecule has 0 saturated heterocycles. The molecule has 0 saturated carbocycles. The highest BCUT2D eigenvalue weighted by Crippen LogP contribution is 2.31. The predicted molar refractivity (Wildman–Crippen MR) is 118 cm³/mol. The molecule has 8 heteroatoms. The van der Waals surface area contributed by atoms with Gasteiger partial charge in [0.15, 0.2) is 5.75 Å². The third-order valence-electron chi connectivity index (χ3n) is 4.76. The Bertz CT molecular complexity index is 1270. The number of rotatable bonds is 8. The van der Waals surface area contributed by atoms with Gasteiger partial charge in [0.25, 0.3) is 5.56 Å². The summed E-state index contributed by atoms with van der Waals surface area (Å²) in [5.74, 6) is 1.63. The Morgan fingerprint density at radius 3 is 2.83 bits per heavy atom. The predicted octanol–water partition coefficient (Wildman–Crippen LogP) is 4.20. The zero-order chi connectivity index (χ0) is 21.1. The number of hydrogen-bond donors (Lipinski definition) is 1. The lowest BCUT2D eigenvalue weighted by molar-refractivity contribution is 0.313. The molecule has 0 amide bonds. The molecule has 4 rings (SSSR count). The summed E-state index contributed by atoms with van der Waals surface area (Å²) in [7, 11) is 0. The van der Waals surface area contributed by atoms with Crippen LogP contribution in [0.4, 0.5) is 0 Å². The number of nitrogens with one attached hydrogen (secondary N) is 1. The number of thiophene rings is 1. The Morgan fingerprint density at radius 1 is 1.27 bits per heavy atom. The molecule has 7 nitrogen and oxygen atoms in total. The first-order chi connectivity index (χ1) is 14.6. The van der Waals surface area contributed by atoms with E-state index in [9.17, 15) is 9.59 Å². The minimum absolute atomic E-state index is 0.136. The summed E-state index contributed by atoms with van der Waals surface area (Å²) < 4.78 is 12.6. The van der Waals surface area contributed by atoms with Gasteiger partial charge in [-0.2, -0.15) is 0 Å². The molecule has 4 aromatic heterocycles. The van der Waals surface area contributed by atoms with Gasteiger partial charge in [0, 0.05) is 35.3 Å². The minimum atomic E-state index is -0.205. The van der Waals surface area contributed by atoms with Gasteiger partial charge in [-0.3, -0.25) is 14.2 Å². The molecule has 0 aliphatic carbocycles. The normalized spacial score (nSPS) is 11.3. The summed E-state index contributed by atoms with van der Waals surface area (Å²) in [4.78, 5) is 34.4. The smallest absolute Gasteiger partial charge is 0.263 e. The van der Waals surface area contributed by atoms with Gasteiger partial charge in [-0.05, 0) is 25.0 Å². The maximum atomic E-state index is 13.5. The molecule has 156 valence electrons. The van der Waals surface area contributed by atoms with Gasteiger partial charge in [0.05, 0.1) is 24.8 Å². The third-order valence-corrected chi connectivity index (χ3v) is 5.63. The monoisotopic (exact) mass is 425 g/mol. The number of pyridine rings is 1. The number of aromatic nitrogens is 3. The van der Waals surface area contributed by atoms with Gasteiger partial charge in [0.2, 0.25) is 5.43 Å². The van der Waals surface area contributed by atoms with Crippen molar-refractivity contribution < 1.29 is 9.15 Å². The van der Waals surface area contributed by atoms with Crippen LogP contribution in [0.2, 0.25) is 0 Å². The zero-order valence-electron chi connectivity index (χ0n) is 16.9. The van der Waals surface area contributed by atoms with Gasteiger partial charge in [-0.15, -0.1) is 11.3 Å². The molecule has 0 spiro atoms. The summed E-state index contributed by atoms with van der Waals surface area (Å²) >= 11 is 1.43. The standard InChI is InChI=1S/C22H23N3O4S/c1-3-6-19-24-21-20(15(13-30-21)17-7-5-9-29-17)22(27)25(19)12-14-10-16(26)18(11-23-14)28-8-4-2/h5,7,9-11,13H,3-4,6,8,12H2,1-2H3,(H,23,26). The van der Waals surface area contributed by atoms with E-state index in [1.807, 2.05) is 25.3 Å². The molecule has 0 aliphatic rings. The Kier molecular flexibility index (Phi) is 5.85. The van der Waals surface area contributed by atoms with Crippen LogP contribution in [-0.2, 0) is 13.0 Å². The lowest BCUT2D eigenvalue weighted by Gasteiger charge is -2.13. The number of hydrogen-bond acceptors (Lipinski definition) is 6. The van der Waals surface area contributed by atoms with Gasteiger partial charge in [-0.25, -0.2) is 4.98 Å². The molecule has 0 unspecified atom stereocenters. The van der Waals surface area contributed by atoms with Crippen LogP contribution in [-0.4, -0.2) is 21.1 Å². The molecule has 4 aromatic rings. The van der Waals surface area contributed by atoms with E-state index < -0.39 is 0 Å². The van der Waals surface area contributed by atoms with Crippen LogP contribution in [0.25, 0.3) is 21.5 Å². The van der Waals surface area contributed by atoms with E-state index in [1.54, 1.807) is 23.1 Å². The molecular weight excluding hydrogens is 402 g/mol. The maximum absolute atomic E-state index is 13.5. The van der Waals surface area contributed by atoms with Crippen LogP contribution < -0.4 is 15.7 Å². The maximum Gasteiger partial charge on any atom is 0.263 e.